The van der Waals surface area contributed by atoms with Gasteiger partial charge >= 0.3 is 0 Å². The van der Waals surface area contributed by atoms with E-state index in [0.717, 1.165) is 6.07 Å². The number of ether oxygens (including phenoxy) is 2. The molecule has 22 nitrogen and oxygen atoms in total. The normalized spacial score (nSPS) is 12.4. The maximum Gasteiger partial charge on any atom is 0.296 e. The van der Waals surface area contributed by atoms with Gasteiger partial charge < -0.3 is 42.2 Å². The molecule has 5 aromatic rings. The number of nitrogens with zero attached hydrogens (tertiary/aromatic N) is 3. The minimum absolute atomic E-state index is 0.0000202. The Kier molecular flexibility index (Phi) is 14.7. The second kappa shape index (κ2) is 19.5. The summed E-state index contributed by atoms with van der Waals surface area (Å²) in [4.78, 5) is 39.1. The number of hydrogen-bond donors (Lipinski definition) is 9. The first-order valence-electron chi connectivity index (χ1n) is 17.6. The molecule has 0 fully saturated rings. The molecule has 61 heavy (non-hydrogen) atoms. The first-order valence-corrected chi connectivity index (χ1v) is 22.4. The van der Waals surface area contributed by atoms with Gasteiger partial charge in [0.1, 0.15) is 9.79 Å². The van der Waals surface area contributed by atoms with Gasteiger partial charge in [-0.15, -0.1) is 0 Å². The second-order valence-corrected chi connectivity index (χ2v) is 16.9. The first-order chi connectivity index (χ1) is 28.7. The van der Waals surface area contributed by atoms with Crippen molar-refractivity contribution in [1.29, 1.82) is 0 Å². The van der Waals surface area contributed by atoms with Gasteiger partial charge in [-0.3, -0.25) is 23.2 Å². The molecular formula is C36H39N9O13S3. The molecule has 1 heterocycles. The lowest BCUT2D eigenvalue weighted by molar-refractivity contribution is 0.0547. The van der Waals surface area contributed by atoms with E-state index in [2.05, 4.69) is 36.2 Å². The van der Waals surface area contributed by atoms with Crippen LogP contribution in [-0.2, 0) is 39.8 Å². The van der Waals surface area contributed by atoms with Crippen LogP contribution in [0.1, 0.15) is 31.8 Å². The van der Waals surface area contributed by atoms with Gasteiger partial charge in [0.15, 0.2) is 11.6 Å². The van der Waals surface area contributed by atoms with Crippen molar-refractivity contribution in [2.45, 2.75) is 9.79 Å². The Balaban J connectivity index is 0.00000133. The van der Waals surface area contributed by atoms with E-state index in [4.69, 9.17) is 25.5 Å². The molecular weight excluding hydrogens is 863 g/mol. The summed E-state index contributed by atoms with van der Waals surface area (Å²) in [6.45, 7) is 2.05. The molecule has 11 N–H and O–H groups in total. The second-order valence-electron chi connectivity index (χ2n) is 12.7. The molecule has 4 aromatic carbocycles. The summed E-state index contributed by atoms with van der Waals surface area (Å²) < 4.78 is 105. The largest absolute Gasteiger partial charge is 0.397 e. The zero-order chi connectivity index (χ0) is 44.5. The van der Waals surface area contributed by atoms with Crippen LogP contribution in [0.5, 0.6) is 0 Å². The van der Waals surface area contributed by atoms with Crippen LogP contribution in [0.15, 0.2) is 88.7 Å². The number of hydrogen-bond acceptors (Lipinski definition) is 19. The number of nitrogens with two attached hydrogens (primary N) is 2. The number of ketones is 2. The van der Waals surface area contributed by atoms with E-state index in [0.29, 0.717) is 44.0 Å². The molecule has 25 heteroatoms. The molecule has 0 spiro atoms. The smallest absolute Gasteiger partial charge is 0.296 e. The van der Waals surface area contributed by atoms with Crippen LogP contribution in [0.3, 0.4) is 0 Å². The van der Waals surface area contributed by atoms with Gasteiger partial charge in [0, 0.05) is 35.6 Å². The Morgan fingerprint density at radius 2 is 1.10 bits per heavy atom. The molecule has 0 aliphatic heterocycles. The third kappa shape index (κ3) is 12.4. The average molecular weight is 902 g/mol. The van der Waals surface area contributed by atoms with Crippen molar-refractivity contribution in [1.82, 2.24) is 15.0 Å². The van der Waals surface area contributed by atoms with E-state index in [1.54, 1.807) is 42.5 Å². The molecule has 0 amide bonds. The number of para-hydroxylation sites is 1. The summed E-state index contributed by atoms with van der Waals surface area (Å²) in [7, 11) is -13.2. The number of anilines is 8. The third-order valence-electron chi connectivity index (χ3n) is 8.11. The van der Waals surface area contributed by atoms with E-state index in [1.165, 1.54) is 30.3 Å². The van der Waals surface area contributed by atoms with Crippen LogP contribution >= 0.6 is 0 Å². The Morgan fingerprint density at radius 1 is 0.607 bits per heavy atom. The van der Waals surface area contributed by atoms with Crippen LogP contribution < -0.4 is 32.7 Å². The molecule has 1 aliphatic carbocycles. The first kappa shape index (κ1) is 45.9. The van der Waals surface area contributed by atoms with Crippen LogP contribution in [0.4, 0.5) is 46.3 Å². The SMILES string of the molecule is CS(=O)(=O)O.NCCOCCOCCNc1nc(Nc2ccc(Nc3cc(S(=O)(=O)O)c(N)c4c3C(=O)c3ccccc3C4=O)cc2)nc(Nc2ccccc2S(=O)(=O)O)n1. The molecule has 1 aliphatic rings. The number of carbonyl (C=O) groups excluding carboxylic acids is 2. The monoisotopic (exact) mass is 901 g/mol. The molecule has 0 saturated carbocycles. The van der Waals surface area contributed by atoms with Gasteiger partial charge in [0.05, 0.1) is 60.9 Å². The fraction of sp³-hybridized carbons (Fsp3) is 0.194. The van der Waals surface area contributed by atoms with Gasteiger partial charge in [-0.1, -0.05) is 36.4 Å². The van der Waals surface area contributed by atoms with Gasteiger partial charge in [0.2, 0.25) is 17.8 Å². The van der Waals surface area contributed by atoms with Gasteiger partial charge in [-0.2, -0.15) is 40.2 Å². The van der Waals surface area contributed by atoms with Crippen molar-refractivity contribution in [3.05, 3.63) is 101 Å². The summed E-state index contributed by atoms with van der Waals surface area (Å²) in [5.74, 6) is -1.24. The van der Waals surface area contributed by atoms with Crippen molar-refractivity contribution in [2.75, 3.05) is 72.8 Å². The highest BCUT2D eigenvalue weighted by atomic mass is 32.2. The number of nitrogen functional groups attached to an aromatic ring is 1. The van der Waals surface area contributed by atoms with Crippen LogP contribution in [0.2, 0.25) is 0 Å². The highest BCUT2D eigenvalue weighted by Crippen LogP contribution is 2.40. The molecule has 324 valence electrons. The number of fused-ring (bicyclic) bond motifs is 2. The minimum Gasteiger partial charge on any atom is -0.397 e. The summed E-state index contributed by atoms with van der Waals surface area (Å²) >= 11 is 0. The van der Waals surface area contributed by atoms with E-state index < -0.39 is 57.4 Å². The standard InChI is InChI=1S/C35H35N9O10S2.CH4O3S/c36-13-15-53-17-18-54-16-14-38-33-42-34(44-35(43-33)41-24-7-3-4-8-26(24)55(47,48)49)40-21-11-9-20(10-12-21)39-25-19-27(56(50,51)52)30(37)29-28(25)31(45)22-5-1-2-6-23(22)32(29)46;1-5(2,3)4/h1-12,19,39H,13-18,36-37H2,(H,47,48,49)(H,50,51,52)(H3,38,40,41,42,43,44);1H3,(H,2,3,4). The lowest BCUT2D eigenvalue weighted by Crippen LogP contribution is -2.25. The minimum atomic E-state index is -4.92. The van der Waals surface area contributed by atoms with Crippen molar-refractivity contribution in [2.24, 2.45) is 5.73 Å². The molecule has 0 radical (unpaired) electrons. The summed E-state index contributed by atoms with van der Waals surface area (Å²) in [5.41, 5.74) is 11.3. The van der Waals surface area contributed by atoms with Crippen LogP contribution in [-0.4, -0.2) is 111 Å². The van der Waals surface area contributed by atoms with Crippen molar-refractivity contribution in [3.8, 4) is 0 Å². The highest BCUT2D eigenvalue weighted by molar-refractivity contribution is 7.86. The topological polar surface area (TPSA) is 355 Å². The number of benzene rings is 4. The molecule has 6 rings (SSSR count). The predicted molar refractivity (Wildman–Crippen MR) is 223 cm³/mol. The fourth-order valence-corrected chi connectivity index (χ4v) is 6.94. The summed E-state index contributed by atoms with van der Waals surface area (Å²) in [6.07, 6.45) is 0.715. The van der Waals surface area contributed by atoms with Crippen molar-refractivity contribution < 1.29 is 58.0 Å². The highest BCUT2D eigenvalue weighted by Gasteiger charge is 2.36. The quantitative estimate of drug-likeness (QED) is 0.0361. The Hall–Kier alpha value is -6.16. The molecule has 1 aromatic heterocycles. The number of rotatable bonds is 17. The number of carbonyl (C=O) groups is 2. The molecule has 0 bridgehead atoms. The zero-order valence-electron chi connectivity index (χ0n) is 31.9. The Morgan fingerprint density at radius 3 is 1.67 bits per heavy atom. The fourth-order valence-electron chi connectivity index (χ4n) is 5.65. The van der Waals surface area contributed by atoms with Gasteiger partial charge in [-0.25, -0.2) is 0 Å². The molecule has 0 atom stereocenters. The molecule has 0 saturated heterocycles. The summed E-state index contributed by atoms with van der Waals surface area (Å²) in [6, 6.07) is 19.0. The lowest BCUT2D eigenvalue weighted by atomic mass is 9.82. The Bertz CT molecular complexity index is 2770. The zero-order valence-corrected chi connectivity index (χ0v) is 34.3. The third-order valence-corrected chi connectivity index (χ3v) is 9.91. The maximum absolute atomic E-state index is 13.7. The molecule has 0 unspecified atom stereocenters. The Labute approximate surface area is 349 Å². The predicted octanol–water partition coefficient (Wildman–Crippen LogP) is 2.86. The van der Waals surface area contributed by atoms with E-state index in [9.17, 15) is 43.9 Å². The maximum atomic E-state index is 13.7. The van der Waals surface area contributed by atoms with E-state index in [1.807, 2.05) is 0 Å². The lowest BCUT2D eigenvalue weighted by Gasteiger charge is -2.23. The summed E-state index contributed by atoms with van der Waals surface area (Å²) in [5, 5.41) is 11.8. The van der Waals surface area contributed by atoms with Crippen molar-refractivity contribution in [3.63, 3.8) is 0 Å². The average Bonchev–Trinajstić information content (AvgIpc) is 3.18. The number of nitrogens with one attached hydrogen (secondary N) is 4. The van der Waals surface area contributed by atoms with Crippen LogP contribution in [0.25, 0.3) is 0 Å². The van der Waals surface area contributed by atoms with Crippen LogP contribution in [0, 0.1) is 0 Å². The number of aromatic nitrogens is 3. The van der Waals surface area contributed by atoms with Gasteiger partial charge in [-0.05, 0) is 42.5 Å². The van der Waals surface area contributed by atoms with Crippen molar-refractivity contribution >= 4 is 88.2 Å². The van der Waals surface area contributed by atoms with Gasteiger partial charge in [0.25, 0.3) is 30.4 Å². The van der Waals surface area contributed by atoms with E-state index in [-0.39, 0.29) is 64.6 Å². The van der Waals surface area contributed by atoms with E-state index >= 15 is 0 Å².